The van der Waals surface area contributed by atoms with Crippen molar-refractivity contribution in [2.75, 3.05) is 13.1 Å². The van der Waals surface area contributed by atoms with E-state index in [0.717, 1.165) is 12.0 Å². The molecule has 1 aromatic rings. The fourth-order valence-corrected chi connectivity index (χ4v) is 2.25. The van der Waals surface area contributed by atoms with E-state index in [4.69, 9.17) is 10.00 Å². The van der Waals surface area contributed by atoms with E-state index >= 15 is 0 Å². The van der Waals surface area contributed by atoms with Gasteiger partial charge in [-0.3, -0.25) is 0 Å². The molecule has 1 atom stereocenters. The highest BCUT2D eigenvalue weighted by molar-refractivity contribution is 5.67. The van der Waals surface area contributed by atoms with Gasteiger partial charge in [0, 0.05) is 13.1 Å². The molecule has 21 heavy (non-hydrogen) atoms. The Labute approximate surface area is 124 Å². The fourth-order valence-electron chi connectivity index (χ4n) is 2.25. The molecule has 0 radical (unpaired) electrons. The molecule has 0 spiro atoms. The number of alkyl carbamates (subject to hydrolysis) is 1. The van der Waals surface area contributed by atoms with Crippen molar-refractivity contribution in [2.24, 2.45) is 0 Å². The van der Waals surface area contributed by atoms with E-state index in [0.29, 0.717) is 13.1 Å². The number of carbonyl (C=O) groups is 1. The third kappa shape index (κ3) is 4.84. The highest BCUT2D eigenvalue weighted by Crippen LogP contribution is 2.11. The molecule has 2 rings (SSSR count). The Kier molecular flexibility index (Phi) is 5.22. The second-order valence-electron chi connectivity index (χ2n) is 5.16. The van der Waals surface area contributed by atoms with Crippen LogP contribution in [0.3, 0.4) is 0 Å². The van der Waals surface area contributed by atoms with Crippen LogP contribution in [0.1, 0.15) is 18.9 Å². The predicted molar refractivity (Wildman–Crippen MR) is 79.1 cm³/mol. The van der Waals surface area contributed by atoms with E-state index in [1.54, 1.807) is 4.90 Å². The monoisotopic (exact) mass is 285 g/mol. The fraction of sp³-hybridized carbons (Fsp3) is 0.375. The molecule has 5 nitrogen and oxygen atoms in total. The Morgan fingerprint density at radius 1 is 1.48 bits per heavy atom. The van der Waals surface area contributed by atoms with Crippen LogP contribution in [0.25, 0.3) is 0 Å². The number of hydrogen-bond donors (Lipinski definition) is 1. The van der Waals surface area contributed by atoms with E-state index in [1.165, 1.54) is 5.57 Å². The summed E-state index contributed by atoms with van der Waals surface area (Å²) in [4.78, 5) is 13.5. The molecule has 1 heterocycles. The van der Waals surface area contributed by atoms with E-state index in [-0.39, 0.29) is 12.6 Å². The minimum Gasteiger partial charge on any atom is -0.445 e. The summed E-state index contributed by atoms with van der Waals surface area (Å²) in [5.74, 6) is 0. The third-order valence-corrected chi connectivity index (χ3v) is 3.35. The van der Waals surface area contributed by atoms with Gasteiger partial charge in [-0.15, -0.1) is 0 Å². The van der Waals surface area contributed by atoms with E-state index in [9.17, 15) is 4.79 Å². The van der Waals surface area contributed by atoms with Crippen LogP contribution < -0.4 is 5.32 Å². The molecule has 0 aromatic heterocycles. The van der Waals surface area contributed by atoms with E-state index in [1.807, 2.05) is 43.3 Å². The smallest absolute Gasteiger partial charge is 0.407 e. The van der Waals surface area contributed by atoms with Crippen molar-refractivity contribution in [1.29, 1.82) is 5.26 Å². The molecule has 0 fully saturated rings. The molecular formula is C16H19N3O2. The molecule has 1 N–H and O–H groups in total. The first kappa shape index (κ1) is 14.9. The minimum absolute atomic E-state index is 0.105. The Bertz CT molecular complexity index is 548. The summed E-state index contributed by atoms with van der Waals surface area (Å²) in [7, 11) is 0. The SMILES string of the molecule is CC1=CCN(C#N)CC(NC(=O)OCc2ccccc2)C1. The molecule has 0 saturated heterocycles. The Morgan fingerprint density at radius 2 is 2.24 bits per heavy atom. The second-order valence-corrected chi connectivity index (χ2v) is 5.16. The Hall–Kier alpha value is -2.48. The lowest BCUT2D eigenvalue weighted by molar-refractivity contribution is 0.134. The number of hydrogen-bond acceptors (Lipinski definition) is 4. The number of nitrogens with zero attached hydrogens (tertiary/aromatic N) is 2. The molecule has 5 heteroatoms. The Balaban J connectivity index is 1.84. The van der Waals surface area contributed by atoms with Crippen molar-refractivity contribution >= 4 is 6.09 Å². The number of nitrogens with one attached hydrogen (secondary N) is 1. The Morgan fingerprint density at radius 3 is 2.95 bits per heavy atom. The molecule has 1 unspecified atom stereocenters. The normalized spacial score (nSPS) is 18.2. The molecule has 1 amide bonds. The van der Waals surface area contributed by atoms with Crippen LogP contribution in [0.15, 0.2) is 42.0 Å². The summed E-state index contributed by atoms with van der Waals surface area (Å²) in [5, 5.41) is 11.8. The molecule has 1 aliphatic rings. The van der Waals surface area contributed by atoms with Gasteiger partial charge in [-0.2, -0.15) is 5.26 Å². The maximum Gasteiger partial charge on any atom is 0.407 e. The van der Waals surface area contributed by atoms with Crippen LogP contribution >= 0.6 is 0 Å². The van der Waals surface area contributed by atoms with Gasteiger partial charge in [-0.25, -0.2) is 4.79 Å². The quantitative estimate of drug-likeness (QED) is 0.684. The third-order valence-electron chi connectivity index (χ3n) is 3.35. The van der Waals surface area contributed by atoms with Gasteiger partial charge in [0.15, 0.2) is 6.19 Å². The zero-order valence-electron chi connectivity index (χ0n) is 12.1. The van der Waals surface area contributed by atoms with Gasteiger partial charge in [0.2, 0.25) is 0 Å². The van der Waals surface area contributed by atoms with Crippen LogP contribution in [0, 0.1) is 11.5 Å². The van der Waals surface area contributed by atoms with Crippen LogP contribution in [-0.2, 0) is 11.3 Å². The van der Waals surface area contributed by atoms with Crippen LogP contribution in [0.5, 0.6) is 0 Å². The van der Waals surface area contributed by atoms with Gasteiger partial charge in [0.05, 0.1) is 6.04 Å². The highest BCUT2D eigenvalue weighted by Gasteiger charge is 2.19. The second kappa shape index (κ2) is 7.34. The van der Waals surface area contributed by atoms with Crippen molar-refractivity contribution < 1.29 is 9.53 Å². The van der Waals surface area contributed by atoms with Gasteiger partial charge >= 0.3 is 6.09 Å². The lowest BCUT2D eigenvalue weighted by Gasteiger charge is -2.20. The largest absolute Gasteiger partial charge is 0.445 e. The number of carbonyl (C=O) groups excluding carboxylic acids is 1. The summed E-state index contributed by atoms with van der Waals surface area (Å²) in [5.41, 5.74) is 2.12. The molecule has 0 aliphatic carbocycles. The summed E-state index contributed by atoms with van der Waals surface area (Å²) < 4.78 is 5.20. The van der Waals surface area contributed by atoms with Crippen molar-refractivity contribution in [2.45, 2.75) is 26.0 Å². The van der Waals surface area contributed by atoms with Gasteiger partial charge in [-0.1, -0.05) is 42.0 Å². The van der Waals surface area contributed by atoms with E-state index < -0.39 is 6.09 Å². The maximum atomic E-state index is 11.8. The number of amides is 1. The number of nitriles is 1. The molecule has 1 aliphatic heterocycles. The van der Waals surface area contributed by atoms with Crippen molar-refractivity contribution in [3.63, 3.8) is 0 Å². The summed E-state index contributed by atoms with van der Waals surface area (Å²) in [6.45, 7) is 3.35. The maximum absolute atomic E-state index is 11.8. The first-order chi connectivity index (χ1) is 10.2. The zero-order valence-corrected chi connectivity index (χ0v) is 12.1. The topological polar surface area (TPSA) is 65.4 Å². The first-order valence-corrected chi connectivity index (χ1v) is 6.95. The number of ether oxygens (including phenoxy) is 1. The van der Waals surface area contributed by atoms with E-state index in [2.05, 4.69) is 11.5 Å². The molecule has 110 valence electrons. The van der Waals surface area contributed by atoms with Crippen molar-refractivity contribution in [1.82, 2.24) is 10.2 Å². The van der Waals surface area contributed by atoms with Gasteiger partial charge in [0.1, 0.15) is 6.61 Å². The van der Waals surface area contributed by atoms with Crippen LogP contribution in [0.4, 0.5) is 4.79 Å². The van der Waals surface area contributed by atoms with Gasteiger partial charge in [-0.05, 0) is 18.9 Å². The first-order valence-electron chi connectivity index (χ1n) is 6.95. The van der Waals surface area contributed by atoms with Gasteiger partial charge in [0.25, 0.3) is 0 Å². The minimum atomic E-state index is -0.448. The summed E-state index contributed by atoms with van der Waals surface area (Å²) >= 11 is 0. The standard InChI is InChI=1S/C16H19N3O2/c1-13-7-8-19(12-17)10-15(9-13)18-16(20)21-11-14-5-3-2-4-6-14/h2-7,15H,8-11H2,1H3,(H,18,20). The lowest BCUT2D eigenvalue weighted by Crippen LogP contribution is -2.41. The zero-order chi connectivity index (χ0) is 15.1. The van der Waals surface area contributed by atoms with Crippen molar-refractivity contribution in [3.05, 3.63) is 47.5 Å². The number of benzene rings is 1. The highest BCUT2D eigenvalue weighted by atomic mass is 16.5. The van der Waals surface area contributed by atoms with Crippen LogP contribution in [0.2, 0.25) is 0 Å². The average molecular weight is 285 g/mol. The molecule has 0 saturated carbocycles. The number of rotatable bonds is 3. The molecule has 0 bridgehead atoms. The lowest BCUT2D eigenvalue weighted by atomic mass is 10.1. The summed E-state index contributed by atoms with van der Waals surface area (Å²) in [6, 6.07) is 9.43. The van der Waals surface area contributed by atoms with Gasteiger partial charge < -0.3 is 15.0 Å². The average Bonchev–Trinajstić information content (AvgIpc) is 2.67. The predicted octanol–water partition coefficient (Wildman–Crippen LogP) is 2.41. The van der Waals surface area contributed by atoms with Crippen molar-refractivity contribution in [3.8, 4) is 6.19 Å². The molecule has 1 aromatic carbocycles. The summed E-state index contributed by atoms with van der Waals surface area (Å²) in [6.07, 6.45) is 4.42. The molecular weight excluding hydrogens is 266 g/mol. The van der Waals surface area contributed by atoms with Crippen LogP contribution in [-0.4, -0.2) is 30.1 Å².